The fraction of sp³-hybridized carbons (Fsp3) is 0.0676. The summed E-state index contributed by atoms with van der Waals surface area (Å²) in [6.07, 6.45) is 10.9. The summed E-state index contributed by atoms with van der Waals surface area (Å²) in [5, 5.41) is 21.8. The van der Waals surface area contributed by atoms with Crippen molar-refractivity contribution in [2.24, 2.45) is 7.05 Å². The van der Waals surface area contributed by atoms with Crippen LogP contribution in [-0.2, 0) is 7.05 Å². The molecular formula is C74H51Cl5N28O8S5. The van der Waals surface area contributed by atoms with Gasteiger partial charge in [0.25, 0.3) is 27.8 Å². The molecule has 0 bridgehead atoms. The number of halogens is 5. The van der Waals surface area contributed by atoms with Crippen LogP contribution in [0.5, 0.6) is 0 Å². The van der Waals surface area contributed by atoms with Crippen molar-refractivity contribution in [1.82, 2.24) is 114 Å². The second-order valence-electron chi connectivity index (χ2n) is 25.6. The first-order valence-corrected chi connectivity index (χ1v) is 40.6. The topological polar surface area (TPSA) is 550 Å². The third kappa shape index (κ3) is 16.3. The van der Waals surface area contributed by atoms with Crippen molar-refractivity contribution in [3.8, 4) is 105 Å². The Balaban J connectivity index is 0.000000112. The van der Waals surface area contributed by atoms with Gasteiger partial charge >= 0.3 is 0 Å². The lowest BCUT2D eigenvalue weighted by molar-refractivity contribution is 0.602. The average molecular weight is 1800 g/mol. The minimum atomic E-state index is -0.497. The number of fused-ring (bicyclic) bond motifs is 5. The van der Waals surface area contributed by atoms with Crippen LogP contribution in [-0.4, -0.2) is 114 Å². The van der Waals surface area contributed by atoms with E-state index in [2.05, 4.69) is 105 Å². The number of hydrogen-bond acceptors (Lipinski definition) is 34. The van der Waals surface area contributed by atoms with Gasteiger partial charge in [0.1, 0.15) is 55.0 Å². The number of anilines is 5. The van der Waals surface area contributed by atoms with E-state index in [9.17, 15) is 24.0 Å². The van der Waals surface area contributed by atoms with Gasteiger partial charge < -0.3 is 66.8 Å². The number of nitrogens with one attached hydrogen (secondary N) is 5. The van der Waals surface area contributed by atoms with Crippen molar-refractivity contribution in [2.75, 3.05) is 28.7 Å². The quantitative estimate of drug-likeness (QED) is 0.0608. The molecule has 5 aromatic carbocycles. The third-order valence-corrected chi connectivity index (χ3v) is 23.1. The van der Waals surface area contributed by atoms with Crippen LogP contribution in [0.15, 0.2) is 165 Å². The number of thiazole rings is 4. The highest BCUT2D eigenvalue weighted by Gasteiger charge is 2.25. The molecule has 0 aliphatic carbocycles. The number of nitrogens with zero attached hydrogens (tertiary/aromatic N) is 18. The van der Waals surface area contributed by atoms with Gasteiger partial charge in [-0.05, 0) is 100 Å². The number of benzene rings is 5. The molecule has 0 aliphatic rings. The predicted molar refractivity (Wildman–Crippen MR) is 467 cm³/mol. The fourth-order valence-electron chi connectivity index (χ4n) is 11.9. The lowest BCUT2D eigenvalue weighted by Gasteiger charge is -2.10. The minimum Gasteiger partial charge on any atom is -0.443 e. The van der Waals surface area contributed by atoms with E-state index in [1.807, 2.05) is 45.9 Å². The Kier molecular flexibility index (Phi) is 22.1. The van der Waals surface area contributed by atoms with Crippen LogP contribution in [0.25, 0.3) is 159 Å². The third-order valence-electron chi connectivity index (χ3n) is 17.4. The molecule has 0 amide bonds. The van der Waals surface area contributed by atoms with Crippen molar-refractivity contribution >= 4 is 198 Å². The zero-order valence-corrected chi connectivity index (χ0v) is 69.6. The van der Waals surface area contributed by atoms with E-state index >= 15 is 0 Å². The van der Waals surface area contributed by atoms with E-state index in [0.29, 0.717) is 153 Å². The van der Waals surface area contributed by atoms with Gasteiger partial charge in [-0.2, -0.15) is 10.2 Å². The molecule has 46 heteroatoms. The summed E-state index contributed by atoms with van der Waals surface area (Å²) in [5.41, 5.74) is 43.3. The number of nitrogens with two attached hydrogens (primary N) is 5. The molecule has 36 nitrogen and oxygen atoms in total. The molecule has 600 valence electrons. The first kappa shape index (κ1) is 80.2. The zero-order valence-electron chi connectivity index (χ0n) is 61.8. The standard InChI is InChI=1S/2C15H11ClN6OS.2C15H10ClN5O2S.C14H9ClN6O2S/c1-22-3-2-9(21-22)13-11(20-15(23)14(17)19-13)7-4-8(16)12-10(5-7)24-6-18-12;1-7-2-3-22(21-7)14-11(19-15(23)13(17)20-14)8-4-9(16)12-10(5-8)24-6-18-12;1-6-18-4-10(24-6)13-11(21-15(22)14(17)20-13)7-2-8(16)12-9(3-7)23-5-19-12;1-6-4-18-15(24-6)12-10(21-14(22)13(17)20-12)7-2-8(16)11-9(3-7)23-5-19-11;1-5-20-21-14(24-5)11-9(19-13(22)12(16)18-11)6-2-7(15)10-8(3-6)23-4-17-10/h2-6H,1H3,(H2,17,19)(H,20,23);2-6H,1H3,(H2,17,20)(H,19,23);2*2-5H,1H3,(H2,17,20)(H,21,22);2-4H,1H3,(H2,16,18)(H,19,22). The number of oxazole rings is 3. The van der Waals surface area contributed by atoms with Gasteiger partial charge in [0.15, 0.2) is 75.8 Å². The number of H-pyrrole nitrogens is 5. The van der Waals surface area contributed by atoms with Crippen molar-refractivity contribution in [3.05, 3.63) is 225 Å². The fourth-order valence-corrected chi connectivity index (χ4v) is 17.1. The maximum atomic E-state index is 12.0. The number of aryl methyl sites for hydroxylation is 5. The molecule has 0 radical (unpaired) electrons. The summed E-state index contributed by atoms with van der Waals surface area (Å²) in [5.74, 6) is -0.162. The predicted octanol–water partition coefficient (Wildman–Crippen LogP) is 14.6. The summed E-state index contributed by atoms with van der Waals surface area (Å²) in [4.78, 5) is 126. The maximum Gasteiger partial charge on any atom is 0.291 e. The van der Waals surface area contributed by atoms with Crippen LogP contribution in [0.1, 0.15) is 20.6 Å². The minimum absolute atomic E-state index is 0.105. The summed E-state index contributed by atoms with van der Waals surface area (Å²) < 4.78 is 21.0. The molecule has 0 saturated heterocycles. The van der Waals surface area contributed by atoms with E-state index in [-0.39, 0.29) is 29.1 Å². The molecule has 0 spiro atoms. The number of rotatable bonds is 10. The molecule has 120 heavy (non-hydrogen) atoms. The lowest BCUT2D eigenvalue weighted by atomic mass is 10.1. The van der Waals surface area contributed by atoms with Crippen LogP contribution < -0.4 is 56.5 Å². The Morgan fingerprint density at radius 3 is 1.25 bits per heavy atom. The van der Waals surface area contributed by atoms with Crippen LogP contribution in [0.4, 0.5) is 29.1 Å². The van der Waals surface area contributed by atoms with Gasteiger partial charge in [-0.1, -0.05) is 69.3 Å². The second-order valence-corrected chi connectivity index (χ2v) is 33.0. The second kappa shape index (κ2) is 33.1. The van der Waals surface area contributed by atoms with E-state index < -0.39 is 27.8 Å². The van der Waals surface area contributed by atoms with Crippen LogP contribution in [0.2, 0.25) is 25.1 Å². The van der Waals surface area contributed by atoms with Gasteiger partial charge in [0, 0.05) is 64.5 Å². The SMILES string of the molecule is Cc1ccn(-c2nc(N)c(=O)[nH]c2-c2cc(Cl)c3ncsc3c2)n1.Cc1cnc(-c2nc(N)c(=O)[nH]c2-c2cc(Cl)c3ncoc3c2)s1.Cc1ncc(-c2nc(N)c(=O)[nH]c2-c2cc(Cl)c3ncoc3c2)s1.Cc1nnc(-c2nc(N)c(=O)[nH]c2-c2cc(Cl)c3ncoc3c2)s1.Cn1ccc(-c2nc(N)c(=O)[nH]c2-c2cc(Cl)c3ncsc3c2)n1. The van der Waals surface area contributed by atoms with Crippen molar-refractivity contribution in [2.45, 2.75) is 27.7 Å². The first-order valence-electron chi connectivity index (χ1n) is 34.5. The van der Waals surface area contributed by atoms with Gasteiger partial charge in [-0.25, -0.2) is 64.5 Å². The smallest absolute Gasteiger partial charge is 0.291 e. The zero-order chi connectivity index (χ0) is 84.2. The average Bonchev–Trinajstić information content (AvgIpc) is 1.50. The van der Waals surface area contributed by atoms with E-state index in [1.165, 1.54) is 75.9 Å². The first-order chi connectivity index (χ1) is 57.6. The van der Waals surface area contributed by atoms with Gasteiger partial charge in [0.2, 0.25) is 0 Å². The van der Waals surface area contributed by atoms with Crippen molar-refractivity contribution in [3.63, 3.8) is 0 Å². The van der Waals surface area contributed by atoms with Crippen LogP contribution in [0, 0.1) is 27.7 Å². The lowest BCUT2D eigenvalue weighted by Crippen LogP contribution is -2.18. The summed E-state index contributed by atoms with van der Waals surface area (Å²) in [6.45, 7) is 7.52. The molecule has 0 unspecified atom stereocenters. The van der Waals surface area contributed by atoms with Gasteiger partial charge in [-0.3, -0.25) is 28.7 Å². The number of aromatic amines is 5. The number of hydrogen-bond donors (Lipinski definition) is 10. The Labute approximate surface area is 713 Å². The molecule has 20 rings (SSSR count). The molecule has 15 heterocycles. The highest BCUT2D eigenvalue weighted by Crippen LogP contribution is 2.41. The van der Waals surface area contributed by atoms with Crippen LogP contribution >= 0.6 is 115 Å². The Bertz CT molecular complexity index is 6690. The van der Waals surface area contributed by atoms with Crippen LogP contribution in [0.3, 0.4) is 0 Å². The van der Waals surface area contributed by atoms with E-state index in [4.69, 9.17) is 99.9 Å². The number of aromatic nitrogens is 23. The Hall–Kier alpha value is -13.6. The van der Waals surface area contributed by atoms with Gasteiger partial charge in [-0.15, -0.1) is 55.5 Å². The van der Waals surface area contributed by atoms with Crippen molar-refractivity contribution in [1.29, 1.82) is 0 Å². The summed E-state index contributed by atoms with van der Waals surface area (Å²) in [7, 11) is 1.80. The normalized spacial score (nSPS) is 11.2. The largest absolute Gasteiger partial charge is 0.443 e. The molecule has 0 fully saturated rings. The Morgan fingerprint density at radius 1 is 0.400 bits per heavy atom. The van der Waals surface area contributed by atoms with E-state index in [0.717, 1.165) is 51.5 Å². The monoisotopic (exact) mass is 1790 g/mol. The summed E-state index contributed by atoms with van der Waals surface area (Å²) in [6, 6.07) is 21.2. The molecule has 15 N–H and O–H groups in total. The highest BCUT2D eigenvalue weighted by molar-refractivity contribution is 7.17. The van der Waals surface area contributed by atoms with E-state index in [1.54, 1.807) is 107 Å². The molecule has 15 aromatic heterocycles. The van der Waals surface area contributed by atoms with Crippen molar-refractivity contribution < 1.29 is 13.3 Å². The summed E-state index contributed by atoms with van der Waals surface area (Å²) >= 11 is 38.6. The molecule has 0 atom stereocenters. The molecule has 0 aliphatic heterocycles. The molecular weight excluding hydrogens is 1750 g/mol. The molecule has 0 saturated carbocycles. The highest BCUT2D eigenvalue weighted by atomic mass is 35.5. The molecule has 20 aromatic rings. The van der Waals surface area contributed by atoms with Gasteiger partial charge in [0.05, 0.1) is 101 Å². The number of nitrogen functional groups attached to an aromatic ring is 5. The maximum absolute atomic E-state index is 12.0. The Morgan fingerprint density at radius 2 is 0.825 bits per heavy atom.